The maximum Gasteiger partial charge on any atom is 0.251 e. The minimum Gasteiger partial charge on any atom is -0.383 e. The summed E-state index contributed by atoms with van der Waals surface area (Å²) in [5, 5.41) is 2.84. The molecule has 1 fully saturated rings. The fourth-order valence-electron chi connectivity index (χ4n) is 2.89. The van der Waals surface area contributed by atoms with E-state index in [1.54, 1.807) is 7.11 Å². The summed E-state index contributed by atoms with van der Waals surface area (Å²) in [5.41, 5.74) is 1.73. The van der Waals surface area contributed by atoms with Gasteiger partial charge in [0.05, 0.1) is 6.61 Å². The van der Waals surface area contributed by atoms with Crippen molar-refractivity contribution in [1.82, 2.24) is 10.2 Å². The van der Waals surface area contributed by atoms with Crippen LogP contribution >= 0.6 is 0 Å². The normalized spacial score (nSPS) is 17.8. The van der Waals surface area contributed by atoms with Crippen LogP contribution in [0.2, 0.25) is 0 Å². The molecule has 0 saturated carbocycles. The third kappa shape index (κ3) is 4.07. The molecule has 0 aromatic heterocycles. The van der Waals surface area contributed by atoms with E-state index in [4.69, 9.17) is 4.74 Å². The maximum absolute atomic E-state index is 12.1. The van der Waals surface area contributed by atoms with Gasteiger partial charge in [-0.2, -0.15) is 0 Å². The third-order valence-corrected chi connectivity index (χ3v) is 3.97. The van der Waals surface area contributed by atoms with Gasteiger partial charge in [0, 0.05) is 38.7 Å². The molecule has 1 N–H and O–H groups in total. The zero-order chi connectivity index (χ0) is 15.9. The molecule has 0 spiro atoms. The fourth-order valence-corrected chi connectivity index (χ4v) is 2.89. The Bertz CT molecular complexity index is 530. The number of rotatable bonds is 7. The van der Waals surface area contributed by atoms with Gasteiger partial charge < -0.3 is 15.0 Å². The van der Waals surface area contributed by atoms with Gasteiger partial charge in [-0.3, -0.25) is 9.59 Å². The van der Waals surface area contributed by atoms with Crippen molar-refractivity contribution >= 4 is 11.8 Å². The molecule has 0 bridgehead atoms. The Hall–Kier alpha value is -1.88. The van der Waals surface area contributed by atoms with Crippen LogP contribution in [0.5, 0.6) is 0 Å². The molecule has 0 aliphatic carbocycles. The zero-order valence-electron chi connectivity index (χ0n) is 13.3. The minimum atomic E-state index is -0.0429. The molecule has 1 unspecified atom stereocenters. The van der Waals surface area contributed by atoms with Crippen molar-refractivity contribution in [2.75, 3.05) is 33.4 Å². The quantitative estimate of drug-likeness (QED) is 0.830. The number of hydrogen-bond donors (Lipinski definition) is 1. The van der Waals surface area contributed by atoms with Gasteiger partial charge in [-0.05, 0) is 30.9 Å². The Morgan fingerprint density at radius 1 is 1.41 bits per heavy atom. The van der Waals surface area contributed by atoms with Crippen LogP contribution in [0.1, 0.15) is 29.3 Å². The number of likely N-dealkylation sites (tertiary alicyclic amines) is 1. The van der Waals surface area contributed by atoms with E-state index in [9.17, 15) is 9.59 Å². The molecule has 5 heteroatoms. The van der Waals surface area contributed by atoms with Crippen LogP contribution in [0.15, 0.2) is 24.3 Å². The van der Waals surface area contributed by atoms with Crippen molar-refractivity contribution in [3.05, 3.63) is 35.4 Å². The van der Waals surface area contributed by atoms with Gasteiger partial charge in [0.1, 0.15) is 0 Å². The number of nitrogens with one attached hydrogen (secondary N) is 1. The van der Waals surface area contributed by atoms with E-state index in [0.717, 1.165) is 18.5 Å². The predicted molar refractivity (Wildman–Crippen MR) is 84.7 cm³/mol. The number of carbonyl (C=O) groups excluding carboxylic acids is 2. The maximum atomic E-state index is 12.1. The highest BCUT2D eigenvalue weighted by Gasteiger charge is 2.29. The topological polar surface area (TPSA) is 58.6 Å². The average Bonchev–Trinajstić information content (AvgIpc) is 2.85. The van der Waals surface area contributed by atoms with Gasteiger partial charge in [-0.15, -0.1) is 0 Å². The van der Waals surface area contributed by atoms with Crippen LogP contribution in [0, 0.1) is 5.92 Å². The first kappa shape index (κ1) is 16.5. The van der Waals surface area contributed by atoms with Gasteiger partial charge >= 0.3 is 0 Å². The van der Waals surface area contributed by atoms with Crippen molar-refractivity contribution in [1.29, 1.82) is 0 Å². The van der Waals surface area contributed by atoms with Gasteiger partial charge in [-0.1, -0.05) is 18.2 Å². The molecule has 2 rings (SSSR count). The monoisotopic (exact) mass is 304 g/mol. The number of hydrogen-bond acceptors (Lipinski definition) is 3. The molecule has 22 heavy (non-hydrogen) atoms. The second kappa shape index (κ2) is 7.94. The molecule has 1 aromatic rings. The summed E-state index contributed by atoms with van der Waals surface area (Å²) >= 11 is 0. The average molecular weight is 304 g/mol. The smallest absolute Gasteiger partial charge is 0.251 e. The number of methoxy groups -OCH3 is 1. The first-order valence-electron chi connectivity index (χ1n) is 7.78. The first-order chi connectivity index (χ1) is 10.7. The Labute approximate surface area is 131 Å². The highest BCUT2D eigenvalue weighted by atomic mass is 16.5. The number of ether oxygens (including phenoxy) is 1. The molecule has 0 radical (unpaired) electrons. The Morgan fingerprint density at radius 3 is 2.91 bits per heavy atom. The van der Waals surface area contributed by atoms with E-state index < -0.39 is 0 Å². The Kier molecular flexibility index (Phi) is 5.95. The lowest BCUT2D eigenvalue weighted by Crippen LogP contribution is -2.29. The van der Waals surface area contributed by atoms with Crippen molar-refractivity contribution in [2.24, 2.45) is 5.92 Å². The second-order valence-corrected chi connectivity index (χ2v) is 5.62. The lowest BCUT2D eigenvalue weighted by molar-refractivity contribution is -0.128. The minimum absolute atomic E-state index is 0.0429. The van der Waals surface area contributed by atoms with Crippen molar-refractivity contribution in [2.45, 2.75) is 19.8 Å². The van der Waals surface area contributed by atoms with Gasteiger partial charge in [0.15, 0.2) is 0 Å². The summed E-state index contributed by atoms with van der Waals surface area (Å²) in [6, 6.07) is 7.64. The lowest BCUT2D eigenvalue weighted by atomic mass is 9.94. The molecule has 1 aliphatic rings. The van der Waals surface area contributed by atoms with Crippen molar-refractivity contribution < 1.29 is 14.3 Å². The standard InChI is InChI=1S/C17H24N2O3/c1-3-18-17(21)15-7-5-4-6-14(15)10-13-11-16(20)19(12-13)8-9-22-2/h4-7,13H,3,8-12H2,1-2H3,(H,18,21). The SMILES string of the molecule is CCNC(=O)c1ccccc1CC1CC(=O)N(CCOC)C1. The third-order valence-electron chi connectivity index (χ3n) is 3.97. The van der Waals surface area contributed by atoms with Crippen LogP contribution in [-0.4, -0.2) is 50.1 Å². The highest BCUT2D eigenvalue weighted by molar-refractivity contribution is 5.95. The van der Waals surface area contributed by atoms with Crippen LogP contribution < -0.4 is 5.32 Å². The van der Waals surface area contributed by atoms with E-state index in [1.165, 1.54) is 0 Å². The van der Waals surface area contributed by atoms with Crippen LogP contribution in [0.25, 0.3) is 0 Å². The number of nitrogens with zero attached hydrogens (tertiary/aromatic N) is 1. The molecular weight excluding hydrogens is 280 g/mol. The van der Waals surface area contributed by atoms with Crippen molar-refractivity contribution in [3.8, 4) is 0 Å². The number of benzene rings is 1. The fraction of sp³-hybridized carbons (Fsp3) is 0.529. The summed E-state index contributed by atoms with van der Waals surface area (Å²) < 4.78 is 5.04. The zero-order valence-corrected chi connectivity index (χ0v) is 13.3. The number of amides is 2. The molecule has 1 aromatic carbocycles. The molecule has 120 valence electrons. The van der Waals surface area contributed by atoms with Crippen LogP contribution in [-0.2, 0) is 16.0 Å². The van der Waals surface area contributed by atoms with E-state index in [2.05, 4.69) is 5.32 Å². The molecule has 1 heterocycles. The molecule has 5 nitrogen and oxygen atoms in total. The summed E-state index contributed by atoms with van der Waals surface area (Å²) in [6.45, 7) is 4.47. The Balaban J connectivity index is 2.02. The van der Waals surface area contributed by atoms with Gasteiger partial charge in [0.25, 0.3) is 5.91 Å². The highest BCUT2D eigenvalue weighted by Crippen LogP contribution is 2.23. The Morgan fingerprint density at radius 2 is 2.18 bits per heavy atom. The van der Waals surface area contributed by atoms with Gasteiger partial charge in [0.2, 0.25) is 5.91 Å². The molecule has 2 amide bonds. The molecular formula is C17H24N2O3. The van der Waals surface area contributed by atoms with E-state index in [0.29, 0.717) is 31.7 Å². The van der Waals surface area contributed by atoms with Crippen molar-refractivity contribution in [3.63, 3.8) is 0 Å². The summed E-state index contributed by atoms with van der Waals surface area (Å²) in [7, 11) is 1.64. The van der Waals surface area contributed by atoms with E-state index in [-0.39, 0.29) is 17.7 Å². The summed E-state index contributed by atoms with van der Waals surface area (Å²) in [4.78, 5) is 25.9. The van der Waals surface area contributed by atoms with Crippen LogP contribution in [0.3, 0.4) is 0 Å². The largest absolute Gasteiger partial charge is 0.383 e. The first-order valence-corrected chi connectivity index (χ1v) is 7.78. The summed E-state index contributed by atoms with van der Waals surface area (Å²) in [6.07, 6.45) is 1.30. The molecule has 1 saturated heterocycles. The second-order valence-electron chi connectivity index (χ2n) is 5.62. The summed E-state index contributed by atoms with van der Waals surface area (Å²) in [5.74, 6) is 0.399. The lowest BCUT2D eigenvalue weighted by Gasteiger charge is -2.16. The van der Waals surface area contributed by atoms with E-state index in [1.807, 2.05) is 36.1 Å². The number of carbonyl (C=O) groups is 2. The molecule has 1 aliphatic heterocycles. The van der Waals surface area contributed by atoms with E-state index >= 15 is 0 Å². The van der Waals surface area contributed by atoms with Crippen LogP contribution in [0.4, 0.5) is 0 Å². The van der Waals surface area contributed by atoms with Gasteiger partial charge in [-0.25, -0.2) is 0 Å². The predicted octanol–water partition coefficient (Wildman–Crippen LogP) is 1.47. The molecule has 1 atom stereocenters.